The summed E-state index contributed by atoms with van der Waals surface area (Å²) in [7, 11) is 0. The van der Waals surface area contributed by atoms with Gasteiger partial charge in [-0.2, -0.15) is 0 Å². The number of anilines is 2. The normalized spacial score (nSPS) is 25.0. The molecule has 1 aromatic rings. The highest BCUT2D eigenvalue weighted by molar-refractivity contribution is 5.56. The Morgan fingerprint density at radius 1 is 1.35 bits per heavy atom. The fraction of sp³-hybridized carbons (Fsp3) is 0.667. The van der Waals surface area contributed by atoms with Gasteiger partial charge in [0, 0.05) is 18.7 Å². The van der Waals surface area contributed by atoms with Crippen molar-refractivity contribution in [2.75, 3.05) is 23.7 Å². The molecule has 1 fully saturated rings. The van der Waals surface area contributed by atoms with Gasteiger partial charge in [0.25, 0.3) is 0 Å². The second kappa shape index (κ2) is 4.87. The maximum absolute atomic E-state index is 5.90. The van der Waals surface area contributed by atoms with Gasteiger partial charge in [-0.25, -0.2) is 9.97 Å². The Hall–Kier alpha value is -1.36. The third-order valence-corrected chi connectivity index (χ3v) is 3.03. The Labute approximate surface area is 102 Å². The SMILES string of the molecule is CCc1c(N)ncnc1N1CC(C)OC(C)C1. The lowest BCUT2D eigenvalue weighted by Crippen LogP contribution is -2.46. The monoisotopic (exact) mass is 236 g/mol. The molecule has 94 valence electrons. The molecule has 1 aliphatic heterocycles. The first-order valence-electron chi connectivity index (χ1n) is 6.11. The standard InChI is InChI=1S/C12H20N4O/c1-4-10-11(13)14-7-15-12(10)16-5-8(2)17-9(3)6-16/h7-9H,4-6H2,1-3H3,(H2,13,14,15). The summed E-state index contributed by atoms with van der Waals surface area (Å²) < 4.78 is 5.73. The van der Waals surface area contributed by atoms with Gasteiger partial charge in [-0.05, 0) is 20.3 Å². The zero-order valence-electron chi connectivity index (χ0n) is 10.7. The first-order valence-corrected chi connectivity index (χ1v) is 6.11. The molecule has 5 nitrogen and oxygen atoms in total. The van der Waals surface area contributed by atoms with Crippen LogP contribution in [0.5, 0.6) is 0 Å². The van der Waals surface area contributed by atoms with E-state index in [1.165, 1.54) is 6.33 Å². The van der Waals surface area contributed by atoms with Crippen LogP contribution in [0.2, 0.25) is 0 Å². The van der Waals surface area contributed by atoms with Crippen molar-refractivity contribution in [3.8, 4) is 0 Å². The first kappa shape index (κ1) is 12.1. The topological polar surface area (TPSA) is 64.3 Å². The fourth-order valence-electron chi connectivity index (χ4n) is 2.38. The summed E-state index contributed by atoms with van der Waals surface area (Å²) in [6, 6.07) is 0. The van der Waals surface area contributed by atoms with E-state index in [4.69, 9.17) is 10.5 Å². The second-order valence-electron chi connectivity index (χ2n) is 4.58. The molecule has 0 aromatic carbocycles. The zero-order valence-corrected chi connectivity index (χ0v) is 10.7. The third-order valence-electron chi connectivity index (χ3n) is 3.03. The van der Waals surface area contributed by atoms with E-state index in [2.05, 4.69) is 35.6 Å². The van der Waals surface area contributed by atoms with Crippen molar-refractivity contribution in [2.24, 2.45) is 0 Å². The van der Waals surface area contributed by atoms with Crippen LogP contribution in [0.3, 0.4) is 0 Å². The molecule has 17 heavy (non-hydrogen) atoms. The van der Waals surface area contributed by atoms with Crippen molar-refractivity contribution in [3.63, 3.8) is 0 Å². The first-order chi connectivity index (χ1) is 8.11. The quantitative estimate of drug-likeness (QED) is 0.836. The van der Waals surface area contributed by atoms with Gasteiger partial charge in [0.05, 0.1) is 12.2 Å². The maximum atomic E-state index is 5.90. The molecule has 5 heteroatoms. The lowest BCUT2D eigenvalue weighted by molar-refractivity contribution is -0.00550. The van der Waals surface area contributed by atoms with Crippen molar-refractivity contribution in [1.82, 2.24) is 9.97 Å². The van der Waals surface area contributed by atoms with Crippen LogP contribution in [0.25, 0.3) is 0 Å². The van der Waals surface area contributed by atoms with E-state index >= 15 is 0 Å². The van der Waals surface area contributed by atoms with E-state index in [1.807, 2.05) is 0 Å². The summed E-state index contributed by atoms with van der Waals surface area (Å²) in [4.78, 5) is 10.7. The highest BCUT2D eigenvalue weighted by atomic mass is 16.5. The molecule has 1 aromatic heterocycles. The van der Waals surface area contributed by atoms with E-state index in [1.54, 1.807) is 0 Å². The Morgan fingerprint density at radius 3 is 2.59 bits per heavy atom. The molecule has 0 spiro atoms. The Kier molecular flexibility index (Phi) is 3.47. The molecule has 0 bridgehead atoms. The van der Waals surface area contributed by atoms with Crippen LogP contribution in [0, 0.1) is 0 Å². The molecule has 1 aliphatic rings. The van der Waals surface area contributed by atoms with Crippen molar-refractivity contribution >= 4 is 11.6 Å². The zero-order chi connectivity index (χ0) is 12.4. The smallest absolute Gasteiger partial charge is 0.137 e. The van der Waals surface area contributed by atoms with Crippen molar-refractivity contribution in [2.45, 2.75) is 39.4 Å². The van der Waals surface area contributed by atoms with Gasteiger partial charge in [0.1, 0.15) is 18.0 Å². The van der Waals surface area contributed by atoms with Gasteiger partial charge < -0.3 is 15.4 Å². The lowest BCUT2D eigenvalue weighted by Gasteiger charge is -2.36. The number of ether oxygens (including phenoxy) is 1. The number of hydrogen-bond donors (Lipinski definition) is 1. The molecule has 2 unspecified atom stereocenters. The average Bonchev–Trinajstić information content (AvgIpc) is 2.27. The number of hydrogen-bond acceptors (Lipinski definition) is 5. The molecule has 2 rings (SSSR count). The van der Waals surface area contributed by atoms with Crippen LogP contribution in [-0.2, 0) is 11.2 Å². The van der Waals surface area contributed by atoms with Crippen LogP contribution >= 0.6 is 0 Å². The average molecular weight is 236 g/mol. The van der Waals surface area contributed by atoms with E-state index in [-0.39, 0.29) is 12.2 Å². The Morgan fingerprint density at radius 2 is 2.00 bits per heavy atom. The van der Waals surface area contributed by atoms with Crippen LogP contribution in [0.15, 0.2) is 6.33 Å². The highest BCUT2D eigenvalue weighted by Gasteiger charge is 2.25. The minimum Gasteiger partial charge on any atom is -0.383 e. The summed E-state index contributed by atoms with van der Waals surface area (Å²) in [6.07, 6.45) is 2.83. The minimum absolute atomic E-state index is 0.222. The molecule has 0 saturated carbocycles. The largest absolute Gasteiger partial charge is 0.383 e. The number of aromatic nitrogens is 2. The molecule has 2 atom stereocenters. The van der Waals surface area contributed by atoms with Crippen molar-refractivity contribution in [1.29, 1.82) is 0 Å². The number of nitrogens with zero attached hydrogens (tertiary/aromatic N) is 3. The van der Waals surface area contributed by atoms with Crippen molar-refractivity contribution < 1.29 is 4.74 Å². The maximum Gasteiger partial charge on any atom is 0.137 e. The van der Waals surface area contributed by atoms with Crippen LogP contribution in [0.4, 0.5) is 11.6 Å². The van der Waals surface area contributed by atoms with E-state index in [9.17, 15) is 0 Å². The van der Waals surface area contributed by atoms with E-state index < -0.39 is 0 Å². The van der Waals surface area contributed by atoms with E-state index in [0.29, 0.717) is 5.82 Å². The highest BCUT2D eigenvalue weighted by Crippen LogP contribution is 2.25. The Balaban J connectivity index is 2.30. The number of rotatable bonds is 2. The van der Waals surface area contributed by atoms with Crippen molar-refractivity contribution in [3.05, 3.63) is 11.9 Å². The van der Waals surface area contributed by atoms with Gasteiger partial charge in [-0.3, -0.25) is 0 Å². The second-order valence-corrected chi connectivity index (χ2v) is 4.58. The van der Waals surface area contributed by atoms with Crippen LogP contribution in [0.1, 0.15) is 26.3 Å². The summed E-state index contributed by atoms with van der Waals surface area (Å²) in [5.41, 5.74) is 6.93. The van der Waals surface area contributed by atoms with Gasteiger partial charge in [-0.1, -0.05) is 6.92 Å². The predicted molar refractivity (Wildman–Crippen MR) is 68.0 cm³/mol. The summed E-state index contributed by atoms with van der Waals surface area (Å²) in [5, 5.41) is 0. The molecular weight excluding hydrogens is 216 g/mol. The number of morpholine rings is 1. The van der Waals surface area contributed by atoms with Gasteiger partial charge in [0.2, 0.25) is 0 Å². The summed E-state index contributed by atoms with van der Waals surface area (Å²) in [6.45, 7) is 7.95. The molecule has 2 heterocycles. The number of nitrogen functional groups attached to an aromatic ring is 1. The minimum atomic E-state index is 0.222. The van der Waals surface area contributed by atoms with Crippen LogP contribution < -0.4 is 10.6 Å². The third kappa shape index (κ3) is 2.49. The molecule has 0 amide bonds. The lowest BCUT2D eigenvalue weighted by atomic mass is 10.1. The number of nitrogens with two attached hydrogens (primary N) is 1. The summed E-state index contributed by atoms with van der Waals surface area (Å²) >= 11 is 0. The molecular formula is C12H20N4O. The fourth-order valence-corrected chi connectivity index (χ4v) is 2.38. The van der Waals surface area contributed by atoms with Crippen LogP contribution in [-0.4, -0.2) is 35.3 Å². The molecule has 2 N–H and O–H groups in total. The van der Waals surface area contributed by atoms with Gasteiger partial charge >= 0.3 is 0 Å². The molecule has 0 radical (unpaired) electrons. The Bertz CT molecular complexity index is 386. The predicted octanol–water partition coefficient (Wildman–Crippen LogP) is 1.23. The van der Waals surface area contributed by atoms with Gasteiger partial charge in [-0.15, -0.1) is 0 Å². The van der Waals surface area contributed by atoms with E-state index in [0.717, 1.165) is 30.9 Å². The van der Waals surface area contributed by atoms with Gasteiger partial charge in [0.15, 0.2) is 0 Å². The molecule has 0 aliphatic carbocycles. The summed E-state index contributed by atoms with van der Waals surface area (Å²) in [5.74, 6) is 1.55. The molecule has 1 saturated heterocycles.